The first-order valence-electron chi connectivity index (χ1n) is 6.26. The number of benzene rings is 2. The van der Waals surface area contributed by atoms with Crippen molar-refractivity contribution in [1.29, 1.82) is 0 Å². The van der Waals surface area contributed by atoms with E-state index in [-0.39, 0.29) is 5.78 Å². The van der Waals surface area contributed by atoms with Gasteiger partial charge in [-0.25, -0.2) is 0 Å². The lowest BCUT2D eigenvalue weighted by molar-refractivity contribution is 0.103. The van der Waals surface area contributed by atoms with Gasteiger partial charge in [0.15, 0.2) is 5.78 Å². The molecule has 0 bridgehead atoms. The van der Waals surface area contributed by atoms with Crippen LogP contribution in [0.5, 0.6) is 5.75 Å². The Morgan fingerprint density at radius 1 is 1.05 bits per heavy atom. The highest BCUT2D eigenvalue weighted by Crippen LogP contribution is 2.28. The summed E-state index contributed by atoms with van der Waals surface area (Å²) < 4.78 is 6.96. The average Bonchev–Trinajstić information content (AvgIpc) is 2.41. The van der Waals surface area contributed by atoms with Gasteiger partial charge in [0.05, 0.1) is 6.61 Å². The topological polar surface area (TPSA) is 26.3 Å². The lowest BCUT2D eigenvalue weighted by atomic mass is 10.0. The predicted molar refractivity (Wildman–Crippen MR) is 87.6 cm³/mol. The Balaban J connectivity index is 2.40. The number of carbonyl (C=O) groups excluding carboxylic acids is 1. The molecule has 2 aromatic carbocycles. The van der Waals surface area contributed by atoms with Crippen LogP contribution in [0.3, 0.4) is 0 Å². The number of aryl methyl sites for hydroxylation is 1. The Morgan fingerprint density at radius 2 is 1.80 bits per heavy atom. The first-order valence-corrected chi connectivity index (χ1v) is 7.84. The maximum Gasteiger partial charge on any atom is 0.195 e. The molecule has 104 valence electrons. The molecule has 20 heavy (non-hydrogen) atoms. The molecule has 2 nitrogen and oxygen atoms in total. The van der Waals surface area contributed by atoms with Gasteiger partial charge < -0.3 is 4.74 Å². The van der Waals surface area contributed by atoms with E-state index in [1.54, 1.807) is 6.07 Å². The van der Waals surface area contributed by atoms with Gasteiger partial charge in [-0.3, -0.25) is 4.79 Å². The minimum Gasteiger partial charge on any atom is -0.494 e. The molecule has 4 heteroatoms. The molecule has 0 aliphatic carbocycles. The molecule has 0 unspecified atom stereocenters. The van der Waals surface area contributed by atoms with Crippen LogP contribution in [0.1, 0.15) is 28.4 Å². The summed E-state index contributed by atoms with van der Waals surface area (Å²) in [6, 6.07) is 11.2. The summed E-state index contributed by atoms with van der Waals surface area (Å²) in [6.45, 7) is 4.50. The third kappa shape index (κ3) is 3.30. The largest absolute Gasteiger partial charge is 0.494 e. The van der Waals surface area contributed by atoms with E-state index in [0.29, 0.717) is 17.7 Å². The Morgan fingerprint density at radius 3 is 2.45 bits per heavy atom. The number of hydrogen-bond donors (Lipinski definition) is 0. The van der Waals surface area contributed by atoms with Crippen LogP contribution in [0.25, 0.3) is 0 Å². The van der Waals surface area contributed by atoms with Crippen molar-refractivity contribution in [2.75, 3.05) is 6.61 Å². The molecule has 0 N–H and O–H groups in total. The fourth-order valence-electron chi connectivity index (χ4n) is 1.89. The zero-order chi connectivity index (χ0) is 14.7. The van der Waals surface area contributed by atoms with Gasteiger partial charge in [-0.1, -0.05) is 27.6 Å². The zero-order valence-electron chi connectivity index (χ0n) is 11.2. The highest BCUT2D eigenvalue weighted by molar-refractivity contribution is 9.11. The summed E-state index contributed by atoms with van der Waals surface area (Å²) in [5.74, 6) is 0.731. The van der Waals surface area contributed by atoms with E-state index in [2.05, 4.69) is 31.9 Å². The summed E-state index contributed by atoms with van der Waals surface area (Å²) in [4.78, 5) is 12.6. The molecule has 2 rings (SSSR count). The maximum absolute atomic E-state index is 12.6. The van der Waals surface area contributed by atoms with Gasteiger partial charge in [0.1, 0.15) is 5.75 Å². The van der Waals surface area contributed by atoms with Crippen LogP contribution in [-0.4, -0.2) is 12.4 Å². The smallest absolute Gasteiger partial charge is 0.195 e. The molecule has 0 atom stereocenters. The quantitative estimate of drug-likeness (QED) is 0.667. The summed E-state index contributed by atoms with van der Waals surface area (Å²) in [5.41, 5.74) is 2.34. The van der Waals surface area contributed by atoms with Crippen LogP contribution in [0.15, 0.2) is 45.3 Å². The third-order valence-electron chi connectivity index (χ3n) is 2.86. The minimum atomic E-state index is -0.0181. The second-order valence-corrected chi connectivity index (χ2v) is 6.10. The van der Waals surface area contributed by atoms with E-state index in [9.17, 15) is 4.79 Å². The molecule has 0 heterocycles. The van der Waals surface area contributed by atoms with Crippen LogP contribution >= 0.6 is 31.9 Å². The SMILES string of the molecule is CCOc1ccc(C(=O)c2cc(C)ccc2Br)c(Br)c1. The van der Waals surface area contributed by atoms with Crippen molar-refractivity contribution in [2.24, 2.45) is 0 Å². The molecular formula is C16H14Br2O2. The average molecular weight is 398 g/mol. The summed E-state index contributed by atoms with van der Waals surface area (Å²) in [6.07, 6.45) is 0. The van der Waals surface area contributed by atoms with Crippen molar-refractivity contribution >= 4 is 37.6 Å². The molecule has 0 saturated carbocycles. The number of ketones is 1. The number of carbonyl (C=O) groups is 1. The number of rotatable bonds is 4. The lowest BCUT2D eigenvalue weighted by Gasteiger charge is -2.09. The fraction of sp³-hybridized carbons (Fsp3) is 0.188. The molecule has 2 aromatic rings. The van der Waals surface area contributed by atoms with Gasteiger partial charge in [0, 0.05) is 20.1 Å². The first kappa shape index (κ1) is 15.3. The normalized spacial score (nSPS) is 10.4. The van der Waals surface area contributed by atoms with E-state index in [0.717, 1.165) is 20.3 Å². The highest BCUT2D eigenvalue weighted by Gasteiger charge is 2.16. The van der Waals surface area contributed by atoms with Crippen molar-refractivity contribution < 1.29 is 9.53 Å². The Bertz CT molecular complexity index is 651. The molecule has 0 amide bonds. The van der Waals surface area contributed by atoms with Crippen molar-refractivity contribution in [1.82, 2.24) is 0 Å². The van der Waals surface area contributed by atoms with Crippen LogP contribution in [-0.2, 0) is 0 Å². The van der Waals surface area contributed by atoms with Crippen molar-refractivity contribution in [3.8, 4) is 5.75 Å². The minimum absolute atomic E-state index is 0.0181. The molecule has 0 fully saturated rings. The van der Waals surface area contributed by atoms with Gasteiger partial charge in [0.25, 0.3) is 0 Å². The number of halogens is 2. The van der Waals surface area contributed by atoms with Gasteiger partial charge in [-0.2, -0.15) is 0 Å². The van der Waals surface area contributed by atoms with Crippen molar-refractivity contribution in [3.05, 3.63) is 62.0 Å². The Kier molecular flexibility index (Phi) is 5.00. The van der Waals surface area contributed by atoms with E-state index in [1.165, 1.54) is 0 Å². The Hall–Kier alpha value is -1.13. The zero-order valence-corrected chi connectivity index (χ0v) is 14.4. The van der Waals surface area contributed by atoms with Crippen LogP contribution in [0.2, 0.25) is 0 Å². The maximum atomic E-state index is 12.6. The molecule has 0 saturated heterocycles. The molecule has 0 spiro atoms. The van der Waals surface area contributed by atoms with E-state index in [1.807, 2.05) is 44.2 Å². The van der Waals surface area contributed by atoms with E-state index in [4.69, 9.17) is 4.74 Å². The second kappa shape index (κ2) is 6.55. The molecule has 0 aliphatic heterocycles. The number of hydrogen-bond acceptors (Lipinski definition) is 2. The van der Waals surface area contributed by atoms with Crippen molar-refractivity contribution in [3.63, 3.8) is 0 Å². The van der Waals surface area contributed by atoms with Crippen LogP contribution < -0.4 is 4.74 Å². The monoisotopic (exact) mass is 396 g/mol. The van der Waals surface area contributed by atoms with Crippen molar-refractivity contribution in [2.45, 2.75) is 13.8 Å². The standard InChI is InChI=1S/C16H14Br2O2/c1-3-20-11-5-6-12(15(18)9-11)16(19)13-8-10(2)4-7-14(13)17/h4-9H,3H2,1-2H3. The van der Waals surface area contributed by atoms with Crippen LogP contribution in [0, 0.1) is 6.92 Å². The van der Waals surface area contributed by atoms with Gasteiger partial charge in [-0.05, 0) is 60.1 Å². The molecule has 0 radical (unpaired) electrons. The summed E-state index contributed by atoms with van der Waals surface area (Å²) >= 11 is 6.87. The summed E-state index contributed by atoms with van der Waals surface area (Å²) in [7, 11) is 0. The predicted octanol–water partition coefficient (Wildman–Crippen LogP) is 5.15. The molecular weight excluding hydrogens is 384 g/mol. The third-order valence-corrected chi connectivity index (χ3v) is 4.21. The molecule has 0 aromatic heterocycles. The first-order chi connectivity index (χ1) is 9.52. The number of ether oxygens (including phenoxy) is 1. The summed E-state index contributed by atoms with van der Waals surface area (Å²) in [5, 5.41) is 0. The van der Waals surface area contributed by atoms with Gasteiger partial charge >= 0.3 is 0 Å². The highest BCUT2D eigenvalue weighted by atomic mass is 79.9. The van der Waals surface area contributed by atoms with Gasteiger partial charge in [-0.15, -0.1) is 0 Å². The Labute approximate surface area is 135 Å². The lowest BCUT2D eigenvalue weighted by Crippen LogP contribution is -2.04. The fourth-order valence-corrected chi connectivity index (χ4v) is 2.86. The molecule has 0 aliphatic rings. The second-order valence-electron chi connectivity index (χ2n) is 4.39. The van der Waals surface area contributed by atoms with E-state index < -0.39 is 0 Å². The van der Waals surface area contributed by atoms with Crippen LogP contribution in [0.4, 0.5) is 0 Å². The van der Waals surface area contributed by atoms with Gasteiger partial charge in [0.2, 0.25) is 0 Å². The van der Waals surface area contributed by atoms with E-state index >= 15 is 0 Å².